The van der Waals surface area contributed by atoms with Gasteiger partial charge in [0.05, 0.1) is 36.0 Å². The zero-order valence-electron chi connectivity index (χ0n) is 19.9. The molecule has 1 aliphatic heterocycles. The monoisotopic (exact) mass is 562 g/mol. The Morgan fingerprint density at radius 1 is 1.25 bits per heavy atom. The minimum absolute atomic E-state index is 0.111. The van der Waals surface area contributed by atoms with E-state index in [1.165, 1.54) is 19.4 Å². The number of phenolic OH excluding ortho intramolecular Hbond substituents is 1. The normalized spacial score (nSPS) is 16.2. The van der Waals surface area contributed by atoms with Gasteiger partial charge in [-0.2, -0.15) is 5.10 Å². The molecule has 0 bridgehead atoms. The number of hydrogen-bond donors (Lipinski definition) is 5. The van der Waals surface area contributed by atoms with Gasteiger partial charge in [0.25, 0.3) is 0 Å². The number of allylic oxidation sites excluding steroid dienone is 1. The van der Waals surface area contributed by atoms with Gasteiger partial charge < -0.3 is 35.1 Å². The first-order chi connectivity index (χ1) is 17.2. The number of rotatable bonds is 10. The number of amides is 2. The average molecular weight is 563 g/mol. The smallest absolute Gasteiger partial charge is 0.337 e. The lowest BCUT2D eigenvalue weighted by molar-refractivity contribution is -0.136. The fourth-order valence-electron chi connectivity index (χ4n) is 3.42. The summed E-state index contributed by atoms with van der Waals surface area (Å²) in [6.45, 7) is 3.62. The largest absolute Gasteiger partial charge is 0.507 e. The van der Waals surface area contributed by atoms with E-state index >= 15 is 0 Å². The summed E-state index contributed by atoms with van der Waals surface area (Å²) in [4.78, 5) is 24.4. The van der Waals surface area contributed by atoms with Crippen LogP contribution in [0.5, 0.6) is 17.2 Å². The molecule has 0 radical (unpaired) electrons. The second kappa shape index (κ2) is 12.3. The maximum atomic E-state index is 12.3. The molecule has 12 heteroatoms. The summed E-state index contributed by atoms with van der Waals surface area (Å²) in [7, 11) is 1.27. The van der Waals surface area contributed by atoms with Crippen LogP contribution in [0.4, 0.5) is 4.79 Å². The van der Waals surface area contributed by atoms with Crippen molar-refractivity contribution in [2.75, 3.05) is 20.3 Å². The van der Waals surface area contributed by atoms with Crippen molar-refractivity contribution in [3.63, 3.8) is 0 Å². The number of nitrogens with one attached hydrogen (secondary N) is 3. The summed E-state index contributed by atoms with van der Waals surface area (Å²) in [5.41, 5.74) is 4.51. The predicted octanol–water partition coefficient (Wildman–Crippen LogP) is 2.68. The number of carbonyl (C=O) groups excluding carboxylic acids is 2. The minimum Gasteiger partial charge on any atom is -0.507 e. The standard InChI is InChI=1S/C24H27BrN4O7/c1-4-35-19-10-15(22-21(23(32)34-3)13(2)27-24(33)28-22)6-8-18(19)36-12-20(31)29-26-11-14-5-7-17(30)16(25)9-14/h5-11,20,22,29-31H,4,12H2,1-3H3,(H2,27,28,33)/b26-11-/t20-,22+/m0/s1. The van der Waals surface area contributed by atoms with E-state index in [9.17, 15) is 19.8 Å². The van der Waals surface area contributed by atoms with Gasteiger partial charge in [-0.1, -0.05) is 6.07 Å². The van der Waals surface area contributed by atoms with E-state index in [1.807, 2.05) is 0 Å². The number of benzene rings is 2. The summed E-state index contributed by atoms with van der Waals surface area (Å²) in [6, 6.07) is 8.63. The molecule has 3 rings (SSSR count). The third-order valence-electron chi connectivity index (χ3n) is 5.08. The molecule has 0 fully saturated rings. The molecule has 0 spiro atoms. The lowest BCUT2D eigenvalue weighted by Crippen LogP contribution is -2.45. The predicted molar refractivity (Wildman–Crippen MR) is 135 cm³/mol. The maximum Gasteiger partial charge on any atom is 0.337 e. The van der Waals surface area contributed by atoms with E-state index in [-0.39, 0.29) is 17.9 Å². The number of ether oxygens (including phenoxy) is 3. The molecule has 0 saturated carbocycles. The molecule has 2 aromatic rings. The van der Waals surface area contributed by atoms with Crippen molar-refractivity contribution < 1.29 is 34.0 Å². The van der Waals surface area contributed by atoms with Gasteiger partial charge >= 0.3 is 12.0 Å². The second-order valence-corrected chi connectivity index (χ2v) is 8.48. The molecule has 0 unspecified atom stereocenters. The summed E-state index contributed by atoms with van der Waals surface area (Å²) < 4.78 is 16.8. The summed E-state index contributed by atoms with van der Waals surface area (Å²) in [6.07, 6.45) is 0.353. The highest BCUT2D eigenvalue weighted by molar-refractivity contribution is 9.10. The van der Waals surface area contributed by atoms with E-state index in [1.54, 1.807) is 44.2 Å². The van der Waals surface area contributed by atoms with Crippen LogP contribution in [0.2, 0.25) is 0 Å². The number of hydrazone groups is 1. The number of aliphatic hydroxyl groups excluding tert-OH is 1. The Labute approximate surface area is 216 Å². The van der Waals surface area contributed by atoms with Crippen LogP contribution in [-0.2, 0) is 9.53 Å². The Hall–Kier alpha value is -3.77. The Balaban J connectivity index is 1.70. The van der Waals surface area contributed by atoms with Crippen molar-refractivity contribution >= 4 is 34.1 Å². The Morgan fingerprint density at radius 3 is 2.72 bits per heavy atom. The van der Waals surface area contributed by atoms with Crippen LogP contribution in [0.1, 0.15) is 31.0 Å². The molecule has 2 atom stereocenters. The quantitative estimate of drug-likeness (QED) is 0.128. The number of halogens is 1. The molecule has 1 heterocycles. The van der Waals surface area contributed by atoms with Crippen molar-refractivity contribution in [2.45, 2.75) is 26.1 Å². The number of carbonyl (C=O) groups is 2. The van der Waals surface area contributed by atoms with Crippen LogP contribution < -0.4 is 25.5 Å². The molecule has 2 amide bonds. The fraction of sp³-hybridized carbons (Fsp3) is 0.292. The Bertz CT molecular complexity index is 1190. The molecule has 11 nitrogen and oxygen atoms in total. The molecule has 2 aromatic carbocycles. The van der Waals surface area contributed by atoms with E-state index in [2.05, 4.69) is 37.1 Å². The van der Waals surface area contributed by atoms with Crippen molar-refractivity contribution in [2.24, 2.45) is 5.10 Å². The molecule has 36 heavy (non-hydrogen) atoms. The highest BCUT2D eigenvalue weighted by atomic mass is 79.9. The molecule has 0 saturated heterocycles. The second-order valence-electron chi connectivity index (χ2n) is 7.63. The molecule has 1 aliphatic rings. The van der Waals surface area contributed by atoms with Gasteiger partial charge in [0.1, 0.15) is 12.4 Å². The van der Waals surface area contributed by atoms with Crippen LogP contribution in [-0.4, -0.2) is 55.0 Å². The third-order valence-corrected chi connectivity index (χ3v) is 5.72. The zero-order valence-corrected chi connectivity index (χ0v) is 21.5. The first-order valence-electron chi connectivity index (χ1n) is 10.9. The van der Waals surface area contributed by atoms with E-state index in [4.69, 9.17) is 14.2 Å². The van der Waals surface area contributed by atoms with Crippen molar-refractivity contribution in [3.05, 3.63) is 63.3 Å². The third kappa shape index (κ3) is 6.67. The first kappa shape index (κ1) is 26.8. The molecule has 0 aliphatic carbocycles. The van der Waals surface area contributed by atoms with E-state index in [0.29, 0.717) is 39.4 Å². The Morgan fingerprint density at radius 2 is 2.03 bits per heavy atom. The maximum absolute atomic E-state index is 12.3. The molecule has 192 valence electrons. The number of nitrogens with zero attached hydrogens (tertiary/aromatic N) is 1. The van der Waals surface area contributed by atoms with Gasteiger partial charge in [-0.15, -0.1) is 0 Å². The lowest BCUT2D eigenvalue weighted by Gasteiger charge is -2.28. The highest BCUT2D eigenvalue weighted by Gasteiger charge is 2.32. The van der Waals surface area contributed by atoms with Crippen LogP contribution in [0.25, 0.3) is 0 Å². The molecule has 0 aromatic heterocycles. The van der Waals surface area contributed by atoms with Crippen LogP contribution >= 0.6 is 15.9 Å². The van der Waals surface area contributed by atoms with Crippen molar-refractivity contribution in [1.82, 2.24) is 16.1 Å². The fourth-order valence-corrected chi connectivity index (χ4v) is 3.82. The number of urea groups is 1. The highest BCUT2D eigenvalue weighted by Crippen LogP contribution is 2.35. The topological polar surface area (TPSA) is 151 Å². The van der Waals surface area contributed by atoms with Gasteiger partial charge in [0, 0.05) is 5.70 Å². The summed E-state index contributed by atoms with van der Waals surface area (Å²) in [5, 5.41) is 29.0. The number of methoxy groups -OCH3 is 1. The van der Waals surface area contributed by atoms with E-state index in [0.717, 1.165) is 0 Å². The summed E-state index contributed by atoms with van der Waals surface area (Å²) >= 11 is 3.22. The Kier molecular flexibility index (Phi) is 9.14. The van der Waals surface area contributed by atoms with Crippen LogP contribution in [0.3, 0.4) is 0 Å². The molecular formula is C24H27BrN4O7. The zero-order chi connectivity index (χ0) is 26.2. The van der Waals surface area contributed by atoms with Crippen LogP contribution in [0.15, 0.2) is 57.2 Å². The number of phenols is 1. The van der Waals surface area contributed by atoms with Gasteiger partial charge in [-0.25, -0.2) is 9.59 Å². The molecular weight excluding hydrogens is 536 g/mol. The van der Waals surface area contributed by atoms with E-state index < -0.39 is 24.3 Å². The SMILES string of the molecule is CCOc1cc([C@H]2NC(=O)NC(C)=C2C(=O)OC)ccc1OC[C@H](O)N/N=C\c1ccc(O)c(Br)c1. The average Bonchev–Trinajstić information content (AvgIpc) is 2.84. The van der Waals surface area contributed by atoms with Gasteiger partial charge in [-0.3, -0.25) is 5.43 Å². The first-order valence-corrected chi connectivity index (χ1v) is 11.7. The van der Waals surface area contributed by atoms with Crippen molar-refractivity contribution in [3.8, 4) is 17.2 Å². The van der Waals surface area contributed by atoms with Gasteiger partial charge in [-0.05, 0) is 71.2 Å². The number of aliphatic hydroxyl groups is 1. The lowest BCUT2D eigenvalue weighted by atomic mass is 9.95. The van der Waals surface area contributed by atoms with Gasteiger partial charge in [0.2, 0.25) is 0 Å². The van der Waals surface area contributed by atoms with Crippen LogP contribution in [0, 0.1) is 0 Å². The molecule has 5 N–H and O–H groups in total. The number of hydrogen-bond acceptors (Lipinski definition) is 9. The summed E-state index contributed by atoms with van der Waals surface area (Å²) in [5.74, 6) is 0.264. The van der Waals surface area contributed by atoms with Crippen molar-refractivity contribution in [1.29, 1.82) is 0 Å². The number of aromatic hydroxyl groups is 1. The number of esters is 1. The minimum atomic E-state index is -1.13. The van der Waals surface area contributed by atoms with Gasteiger partial charge in [0.15, 0.2) is 17.7 Å².